The van der Waals surface area contributed by atoms with Crippen molar-refractivity contribution in [2.24, 2.45) is 0 Å². The first-order valence-corrected chi connectivity index (χ1v) is 6.59. The van der Waals surface area contributed by atoms with Gasteiger partial charge in [-0.25, -0.2) is 0 Å². The third-order valence-electron chi connectivity index (χ3n) is 3.51. The highest BCUT2D eigenvalue weighted by Gasteiger charge is 2.35. The van der Waals surface area contributed by atoms with E-state index >= 15 is 0 Å². The van der Waals surface area contributed by atoms with E-state index in [0.29, 0.717) is 19.6 Å². The van der Waals surface area contributed by atoms with Crippen molar-refractivity contribution >= 4 is 11.6 Å². The van der Waals surface area contributed by atoms with Crippen LogP contribution in [0.1, 0.15) is 35.7 Å². The van der Waals surface area contributed by atoms with E-state index in [2.05, 4.69) is 5.32 Å². The van der Waals surface area contributed by atoms with Crippen molar-refractivity contribution in [3.05, 3.63) is 29.3 Å². The number of ether oxygens (including phenoxy) is 1. The molecule has 21 heavy (non-hydrogen) atoms. The fraction of sp³-hybridized carbons (Fsp3) is 0.500. The Bertz CT molecular complexity index is 538. The van der Waals surface area contributed by atoms with E-state index < -0.39 is 28.9 Å². The van der Waals surface area contributed by atoms with Crippen LogP contribution in [0.2, 0.25) is 0 Å². The molecular formula is C14H17F3N2O2. The summed E-state index contributed by atoms with van der Waals surface area (Å²) in [6.07, 6.45) is -3.09. The molecule has 4 nitrogen and oxygen atoms in total. The predicted octanol–water partition coefficient (Wildman–Crippen LogP) is 2.59. The quantitative estimate of drug-likeness (QED) is 0.825. The lowest BCUT2D eigenvalue weighted by Gasteiger charge is -2.34. The van der Waals surface area contributed by atoms with Crippen LogP contribution in [0.4, 0.5) is 18.9 Å². The van der Waals surface area contributed by atoms with Crippen LogP contribution in [0.15, 0.2) is 18.2 Å². The van der Waals surface area contributed by atoms with Gasteiger partial charge in [-0.3, -0.25) is 4.79 Å². The number of rotatable bonds is 2. The Kier molecular flexibility index (Phi) is 4.13. The van der Waals surface area contributed by atoms with Crippen molar-refractivity contribution < 1.29 is 22.7 Å². The molecule has 1 amide bonds. The van der Waals surface area contributed by atoms with Crippen molar-refractivity contribution in [3.8, 4) is 0 Å². The molecule has 1 saturated heterocycles. The van der Waals surface area contributed by atoms with Crippen molar-refractivity contribution in [2.45, 2.75) is 31.5 Å². The molecule has 1 aromatic carbocycles. The van der Waals surface area contributed by atoms with E-state index in [1.165, 1.54) is 12.1 Å². The number of para-hydroxylation sites is 1. The van der Waals surface area contributed by atoms with Crippen LogP contribution in [-0.2, 0) is 10.9 Å². The van der Waals surface area contributed by atoms with Gasteiger partial charge in [-0.15, -0.1) is 0 Å². The molecule has 0 aliphatic carbocycles. The van der Waals surface area contributed by atoms with E-state index in [1.54, 1.807) is 6.92 Å². The fourth-order valence-corrected chi connectivity index (χ4v) is 2.38. The van der Waals surface area contributed by atoms with Gasteiger partial charge in [0.05, 0.1) is 29.0 Å². The first-order chi connectivity index (χ1) is 9.73. The number of amides is 1. The summed E-state index contributed by atoms with van der Waals surface area (Å²) < 4.78 is 43.7. The lowest BCUT2D eigenvalue weighted by molar-refractivity contribution is -0.136. The summed E-state index contributed by atoms with van der Waals surface area (Å²) in [7, 11) is 0. The average Bonchev–Trinajstić information content (AvgIpc) is 2.37. The molecule has 0 saturated carbocycles. The van der Waals surface area contributed by atoms with E-state index in [4.69, 9.17) is 10.5 Å². The molecule has 0 aromatic heterocycles. The molecule has 0 bridgehead atoms. The Balaban J connectivity index is 2.24. The van der Waals surface area contributed by atoms with Gasteiger partial charge in [0.25, 0.3) is 5.91 Å². The Labute approximate surface area is 120 Å². The lowest BCUT2D eigenvalue weighted by atomic mass is 9.94. The molecule has 116 valence electrons. The van der Waals surface area contributed by atoms with Crippen LogP contribution in [0.25, 0.3) is 0 Å². The molecule has 1 atom stereocenters. The Hall–Kier alpha value is -1.76. The summed E-state index contributed by atoms with van der Waals surface area (Å²) in [5.74, 6) is -0.619. The molecule has 1 unspecified atom stereocenters. The monoisotopic (exact) mass is 302 g/mol. The Morgan fingerprint density at radius 3 is 2.71 bits per heavy atom. The topological polar surface area (TPSA) is 64.4 Å². The first kappa shape index (κ1) is 15.6. The molecule has 1 fully saturated rings. The fourth-order valence-electron chi connectivity index (χ4n) is 2.38. The van der Waals surface area contributed by atoms with Crippen LogP contribution in [0, 0.1) is 0 Å². The second kappa shape index (κ2) is 5.55. The van der Waals surface area contributed by atoms with Crippen molar-refractivity contribution in [2.75, 3.05) is 18.9 Å². The number of halogens is 3. The molecule has 1 aliphatic heterocycles. The van der Waals surface area contributed by atoms with Crippen LogP contribution < -0.4 is 11.1 Å². The molecule has 3 N–H and O–H groups in total. The zero-order chi connectivity index (χ0) is 15.7. The number of nitrogens with two attached hydrogens (primary N) is 1. The smallest absolute Gasteiger partial charge is 0.398 e. The molecule has 1 aromatic rings. The minimum atomic E-state index is -4.59. The summed E-state index contributed by atoms with van der Waals surface area (Å²) in [6.45, 7) is 2.75. The molecule has 2 rings (SSSR count). The summed E-state index contributed by atoms with van der Waals surface area (Å²) in [5.41, 5.74) is 3.20. The summed E-state index contributed by atoms with van der Waals surface area (Å²) >= 11 is 0. The van der Waals surface area contributed by atoms with E-state index in [-0.39, 0.29) is 5.56 Å². The van der Waals surface area contributed by atoms with Crippen molar-refractivity contribution in [1.29, 1.82) is 0 Å². The number of nitrogen functional groups attached to an aromatic ring is 1. The zero-order valence-electron chi connectivity index (χ0n) is 11.6. The number of anilines is 1. The first-order valence-electron chi connectivity index (χ1n) is 6.59. The Morgan fingerprint density at radius 2 is 2.14 bits per heavy atom. The highest BCUT2D eigenvalue weighted by Crippen LogP contribution is 2.35. The third-order valence-corrected chi connectivity index (χ3v) is 3.51. The van der Waals surface area contributed by atoms with Gasteiger partial charge >= 0.3 is 6.18 Å². The maximum absolute atomic E-state index is 12.8. The lowest BCUT2D eigenvalue weighted by Crippen LogP contribution is -2.51. The molecule has 1 heterocycles. The van der Waals surface area contributed by atoms with Gasteiger partial charge in [0.1, 0.15) is 0 Å². The summed E-state index contributed by atoms with van der Waals surface area (Å²) in [5, 5.41) is 2.72. The SMILES string of the molecule is CC1(NC(=O)c2cccc(C(F)(F)F)c2N)CCCOC1. The van der Waals surface area contributed by atoms with Crippen LogP contribution in [0.3, 0.4) is 0 Å². The molecule has 0 spiro atoms. The van der Waals surface area contributed by atoms with E-state index in [1.807, 2.05) is 0 Å². The summed E-state index contributed by atoms with van der Waals surface area (Å²) in [4.78, 5) is 12.2. The number of hydrogen-bond donors (Lipinski definition) is 2. The predicted molar refractivity (Wildman–Crippen MR) is 71.8 cm³/mol. The largest absolute Gasteiger partial charge is 0.418 e. The molecule has 1 aliphatic rings. The number of hydrogen-bond acceptors (Lipinski definition) is 3. The van der Waals surface area contributed by atoms with Gasteiger partial charge in [-0.1, -0.05) is 6.07 Å². The number of carbonyl (C=O) groups is 1. The maximum Gasteiger partial charge on any atom is 0.418 e. The highest BCUT2D eigenvalue weighted by atomic mass is 19.4. The minimum absolute atomic E-state index is 0.170. The van der Waals surface area contributed by atoms with Gasteiger partial charge in [-0.2, -0.15) is 13.2 Å². The van der Waals surface area contributed by atoms with Crippen molar-refractivity contribution in [3.63, 3.8) is 0 Å². The normalized spacial score (nSPS) is 22.9. The minimum Gasteiger partial charge on any atom is -0.398 e. The second-order valence-electron chi connectivity index (χ2n) is 5.44. The molecule has 0 radical (unpaired) electrons. The van der Waals surface area contributed by atoms with Gasteiger partial charge in [0, 0.05) is 6.61 Å². The number of carbonyl (C=O) groups excluding carboxylic acids is 1. The number of alkyl halides is 3. The number of benzene rings is 1. The van der Waals surface area contributed by atoms with E-state index in [0.717, 1.165) is 12.5 Å². The molecular weight excluding hydrogens is 285 g/mol. The van der Waals surface area contributed by atoms with Gasteiger partial charge in [0.15, 0.2) is 0 Å². The van der Waals surface area contributed by atoms with Gasteiger partial charge in [-0.05, 0) is 31.9 Å². The maximum atomic E-state index is 12.8. The average molecular weight is 302 g/mol. The van der Waals surface area contributed by atoms with Crippen LogP contribution >= 0.6 is 0 Å². The molecule has 7 heteroatoms. The van der Waals surface area contributed by atoms with Gasteiger partial charge in [0.2, 0.25) is 0 Å². The zero-order valence-corrected chi connectivity index (χ0v) is 11.6. The van der Waals surface area contributed by atoms with Gasteiger partial charge < -0.3 is 15.8 Å². The van der Waals surface area contributed by atoms with E-state index in [9.17, 15) is 18.0 Å². The third kappa shape index (κ3) is 3.47. The van der Waals surface area contributed by atoms with Crippen LogP contribution in [-0.4, -0.2) is 24.7 Å². The standard InChI is InChI=1S/C14H17F3N2O2/c1-13(6-3-7-21-8-13)19-12(20)9-4-2-5-10(11(9)18)14(15,16)17/h2,4-5H,3,6-8,18H2,1H3,(H,19,20). The summed E-state index contributed by atoms with van der Waals surface area (Å²) in [6, 6.07) is 3.32. The second-order valence-corrected chi connectivity index (χ2v) is 5.44. The Morgan fingerprint density at radius 1 is 1.43 bits per heavy atom. The van der Waals surface area contributed by atoms with Crippen LogP contribution in [0.5, 0.6) is 0 Å². The highest BCUT2D eigenvalue weighted by molar-refractivity contribution is 6.00. The number of nitrogens with one attached hydrogen (secondary N) is 1. The van der Waals surface area contributed by atoms with Crippen molar-refractivity contribution in [1.82, 2.24) is 5.32 Å².